The van der Waals surface area contributed by atoms with Gasteiger partial charge in [0.2, 0.25) is 11.8 Å². The molecule has 0 bridgehead atoms. The van der Waals surface area contributed by atoms with Crippen LogP contribution >= 0.6 is 23.2 Å². The monoisotopic (exact) mass is 531 g/mol. The molecule has 0 saturated heterocycles. The summed E-state index contributed by atoms with van der Waals surface area (Å²) in [6.45, 7) is 9.16. The van der Waals surface area contributed by atoms with Crippen LogP contribution in [0.5, 0.6) is 0 Å². The van der Waals surface area contributed by atoms with Crippen molar-refractivity contribution >= 4 is 46.7 Å². The average molecular weight is 532 g/mol. The number of fused-ring (bicyclic) bond motifs is 2. The number of rotatable bonds is 4. The van der Waals surface area contributed by atoms with Crippen LogP contribution in [0, 0.1) is 17.2 Å². The predicted octanol–water partition coefficient (Wildman–Crippen LogP) is 6.60. The summed E-state index contributed by atoms with van der Waals surface area (Å²) in [5.41, 5.74) is -0.630. The zero-order chi connectivity index (χ0) is 26.6. The third-order valence-corrected chi connectivity index (χ3v) is 7.41. The Hall–Kier alpha value is -2.70. The summed E-state index contributed by atoms with van der Waals surface area (Å²) in [7, 11) is 0. The molecule has 0 fully saturated rings. The van der Waals surface area contributed by atoms with Gasteiger partial charge in [-0.05, 0) is 54.0 Å². The summed E-state index contributed by atoms with van der Waals surface area (Å²) in [6, 6.07) is 9.42. The summed E-state index contributed by atoms with van der Waals surface area (Å²) in [6.07, 6.45) is 2.21. The average Bonchev–Trinajstić information content (AvgIpc) is 3.22. The Morgan fingerprint density at radius 1 is 1.17 bits per heavy atom. The van der Waals surface area contributed by atoms with E-state index in [1.54, 1.807) is 37.3 Å². The van der Waals surface area contributed by atoms with Crippen LogP contribution in [0.25, 0.3) is 0 Å². The first kappa shape index (κ1) is 26.4. The third kappa shape index (κ3) is 4.04. The van der Waals surface area contributed by atoms with Gasteiger partial charge < -0.3 is 4.74 Å². The Kier molecular flexibility index (Phi) is 6.82. The van der Waals surface area contributed by atoms with E-state index < -0.39 is 40.9 Å². The number of nitrogens with zero attached hydrogens (tertiary/aromatic N) is 1. The lowest BCUT2D eigenvalue weighted by Crippen LogP contribution is -2.49. The highest BCUT2D eigenvalue weighted by Crippen LogP contribution is 2.63. The molecule has 2 aliphatic rings. The van der Waals surface area contributed by atoms with Gasteiger partial charge in [0.05, 0.1) is 22.7 Å². The Morgan fingerprint density at radius 3 is 2.47 bits per heavy atom. The third-order valence-electron chi connectivity index (χ3n) is 6.89. The van der Waals surface area contributed by atoms with E-state index in [0.29, 0.717) is 22.7 Å². The van der Waals surface area contributed by atoms with E-state index in [0.717, 1.165) is 4.90 Å². The van der Waals surface area contributed by atoms with Crippen molar-refractivity contribution in [3.8, 4) is 0 Å². The summed E-state index contributed by atoms with van der Waals surface area (Å²) >= 11 is 12.5. The van der Waals surface area contributed by atoms with Gasteiger partial charge in [0.25, 0.3) is 0 Å². The Morgan fingerprint density at radius 2 is 1.86 bits per heavy atom. The van der Waals surface area contributed by atoms with Crippen LogP contribution in [-0.2, 0) is 24.5 Å². The molecule has 8 heteroatoms. The number of halogens is 3. The highest BCUT2D eigenvalue weighted by molar-refractivity contribution is 6.32. The largest absolute Gasteiger partial charge is 0.463 e. The highest BCUT2D eigenvalue weighted by Gasteiger charge is 2.65. The van der Waals surface area contributed by atoms with E-state index in [9.17, 15) is 14.4 Å². The second kappa shape index (κ2) is 9.31. The van der Waals surface area contributed by atoms with Gasteiger partial charge in [-0.1, -0.05) is 68.2 Å². The molecule has 3 atom stereocenters. The van der Waals surface area contributed by atoms with Crippen LogP contribution in [0.15, 0.2) is 48.0 Å². The number of carbonyl (C=O) groups excluding carboxylic acids is 3. The molecule has 0 N–H and O–H groups in total. The summed E-state index contributed by atoms with van der Waals surface area (Å²) in [4.78, 5) is 41.7. The van der Waals surface area contributed by atoms with E-state index in [4.69, 9.17) is 27.9 Å². The fraction of sp³-hybridized carbons (Fsp3) is 0.393. The Labute approximate surface area is 220 Å². The molecule has 2 aromatic carbocycles. The minimum Gasteiger partial charge on any atom is -0.463 e. The van der Waals surface area contributed by atoms with Crippen molar-refractivity contribution in [2.45, 2.75) is 52.4 Å². The quantitative estimate of drug-likeness (QED) is 0.416. The lowest BCUT2D eigenvalue weighted by Gasteiger charge is -2.39. The van der Waals surface area contributed by atoms with Crippen molar-refractivity contribution < 1.29 is 23.5 Å². The number of imide groups is 1. The van der Waals surface area contributed by atoms with Crippen LogP contribution in [0.4, 0.5) is 10.1 Å². The van der Waals surface area contributed by atoms with Crippen molar-refractivity contribution in [2.24, 2.45) is 11.3 Å². The lowest BCUT2D eigenvalue weighted by molar-refractivity contribution is -0.138. The number of allylic oxidation sites excluding steroid dienone is 1. The van der Waals surface area contributed by atoms with Gasteiger partial charge in [-0.3, -0.25) is 9.59 Å². The first-order valence-corrected chi connectivity index (χ1v) is 12.6. The SMILES string of the molecule is CCOC(=O)C1=C[C@@H](CC(C)(C)C)[C@]2(C(=O)N(C(C)=O)c3cc(Cl)ccc32)[C@H]1c1cccc(Cl)c1F. The topological polar surface area (TPSA) is 63.7 Å². The second-order valence-corrected chi connectivity index (χ2v) is 11.3. The van der Waals surface area contributed by atoms with E-state index in [1.165, 1.54) is 19.1 Å². The van der Waals surface area contributed by atoms with Crippen LogP contribution in [0.1, 0.15) is 58.1 Å². The Bertz CT molecular complexity index is 1300. The molecule has 2 amide bonds. The standard InChI is InChI=1S/C28H28Cl2FNO4/c1-6-36-25(34)19-12-16(14-27(3,4)5)28(23(19)18-8-7-9-21(30)24(18)31)20-11-10-17(29)13-22(20)32(15(2)33)26(28)35/h7-13,16,23H,6,14H2,1-5H3/t16-,23-,28+/m0/s1. The number of ether oxygens (including phenoxy) is 1. The van der Waals surface area contributed by atoms with Crippen molar-refractivity contribution in [1.29, 1.82) is 0 Å². The predicted molar refractivity (Wildman–Crippen MR) is 138 cm³/mol. The Balaban J connectivity index is 2.12. The number of hydrogen-bond acceptors (Lipinski definition) is 4. The fourth-order valence-electron chi connectivity index (χ4n) is 5.74. The smallest absolute Gasteiger partial charge is 0.334 e. The molecule has 0 unspecified atom stereocenters. The molecule has 1 heterocycles. The van der Waals surface area contributed by atoms with Crippen LogP contribution in [0.2, 0.25) is 10.0 Å². The molecule has 4 rings (SSSR count). The van der Waals surface area contributed by atoms with Gasteiger partial charge in [-0.25, -0.2) is 14.1 Å². The number of hydrogen-bond donors (Lipinski definition) is 0. The van der Waals surface area contributed by atoms with E-state index in [1.807, 2.05) is 20.8 Å². The van der Waals surface area contributed by atoms with Crippen molar-refractivity contribution in [3.05, 3.63) is 75.0 Å². The van der Waals surface area contributed by atoms with Gasteiger partial charge in [-0.15, -0.1) is 0 Å². The first-order valence-electron chi connectivity index (χ1n) is 11.8. The number of benzene rings is 2. The van der Waals surface area contributed by atoms with E-state index >= 15 is 4.39 Å². The maximum Gasteiger partial charge on any atom is 0.334 e. The number of anilines is 1. The highest BCUT2D eigenvalue weighted by atomic mass is 35.5. The molecule has 5 nitrogen and oxygen atoms in total. The van der Waals surface area contributed by atoms with Gasteiger partial charge >= 0.3 is 5.97 Å². The lowest BCUT2D eigenvalue weighted by atomic mass is 9.61. The molecule has 1 spiro atoms. The minimum atomic E-state index is -1.48. The maximum absolute atomic E-state index is 15.7. The van der Waals surface area contributed by atoms with Crippen LogP contribution < -0.4 is 4.90 Å². The molecule has 1 aliphatic carbocycles. The molecule has 36 heavy (non-hydrogen) atoms. The normalized spacial score (nSPS) is 23.2. The van der Waals surface area contributed by atoms with Gasteiger partial charge in [0.15, 0.2) is 0 Å². The van der Waals surface area contributed by atoms with E-state index in [-0.39, 0.29) is 28.2 Å². The second-order valence-electron chi connectivity index (χ2n) is 10.5. The van der Waals surface area contributed by atoms with Crippen molar-refractivity contribution in [2.75, 3.05) is 11.5 Å². The van der Waals surface area contributed by atoms with Gasteiger partial charge in [-0.2, -0.15) is 0 Å². The van der Waals surface area contributed by atoms with Crippen LogP contribution in [0.3, 0.4) is 0 Å². The molecule has 0 radical (unpaired) electrons. The minimum absolute atomic E-state index is 0.0952. The molecular weight excluding hydrogens is 504 g/mol. The van der Waals surface area contributed by atoms with Crippen LogP contribution in [-0.4, -0.2) is 24.4 Å². The number of amides is 2. The van der Waals surface area contributed by atoms with Crippen molar-refractivity contribution in [3.63, 3.8) is 0 Å². The summed E-state index contributed by atoms with van der Waals surface area (Å²) in [5.74, 6) is -4.00. The summed E-state index contributed by atoms with van der Waals surface area (Å²) < 4.78 is 21.0. The fourth-order valence-corrected chi connectivity index (χ4v) is 6.09. The number of esters is 1. The molecule has 0 aromatic heterocycles. The zero-order valence-electron chi connectivity index (χ0n) is 20.8. The zero-order valence-corrected chi connectivity index (χ0v) is 22.3. The molecule has 0 saturated carbocycles. The molecule has 2 aromatic rings. The molecular formula is C28H28Cl2FNO4. The maximum atomic E-state index is 15.7. The van der Waals surface area contributed by atoms with E-state index in [2.05, 4.69) is 0 Å². The van der Waals surface area contributed by atoms with Gasteiger partial charge in [0, 0.05) is 23.4 Å². The molecule has 190 valence electrons. The first-order chi connectivity index (χ1) is 16.8. The molecule has 1 aliphatic heterocycles. The number of carbonyl (C=O) groups is 3. The summed E-state index contributed by atoms with van der Waals surface area (Å²) in [5, 5.41) is 0.217. The van der Waals surface area contributed by atoms with Crippen molar-refractivity contribution in [1.82, 2.24) is 0 Å². The van der Waals surface area contributed by atoms with Gasteiger partial charge in [0.1, 0.15) is 5.82 Å².